The molecule has 154 valence electrons. The lowest BCUT2D eigenvalue weighted by Crippen LogP contribution is -2.27. The van der Waals surface area contributed by atoms with Crippen LogP contribution in [0.1, 0.15) is 23.9 Å². The number of nitrogens with zero attached hydrogens (tertiary/aromatic N) is 1. The number of hydrogen-bond donors (Lipinski definition) is 2. The van der Waals surface area contributed by atoms with E-state index in [9.17, 15) is 24.5 Å². The molecule has 0 saturated carbocycles. The largest absolute Gasteiger partial charge is 0.494 e. The number of rotatable bonds is 10. The van der Waals surface area contributed by atoms with Crippen LogP contribution in [0.2, 0.25) is 0 Å². The van der Waals surface area contributed by atoms with Crippen LogP contribution in [0.5, 0.6) is 5.75 Å². The van der Waals surface area contributed by atoms with E-state index in [2.05, 4.69) is 10.6 Å². The fourth-order valence-corrected chi connectivity index (χ4v) is 2.20. The highest BCUT2D eigenvalue weighted by molar-refractivity contribution is 5.95. The van der Waals surface area contributed by atoms with E-state index in [-0.39, 0.29) is 30.1 Å². The third kappa shape index (κ3) is 6.65. The summed E-state index contributed by atoms with van der Waals surface area (Å²) in [6.45, 7) is 1.43. The minimum atomic E-state index is -0.745. The molecule has 11 nitrogen and oxygen atoms in total. The first-order valence-electron chi connectivity index (χ1n) is 8.59. The molecule has 0 spiro atoms. The predicted molar refractivity (Wildman–Crippen MR) is 99.5 cm³/mol. The van der Waals surface area contributed by atoms with Gasteiger partial charge in [0.2, 0.25) is 0 Å². The van der Waals surface area contributed by atoms with E-state index >= 15 is 0 Å². The summed E-state index contributed by atoms with van der Waals surface area (Å²) in [5.74, 6) is -1.55. The molecular formula is C18H19N3O8. The Kier molecular flexibility index (Phi) is 7.71. The number of ether oxygens (including phenoxy) is 2. The predicted octanol–water partition coefficient (Wildman–Crippen LogP) is 1.89. The Morgan fingerprint density at radius 3 is 2.69 bits per heavy atom. The van der Waals surface area contributed by atoms with Gasteiger partial charge in [-0.05, 0) is 31.2 Å². The summed E-state index contributed by atoms with van der Waals surface area (Å²) in [7, 11) is 0. The van der Waals surface area contributed by atoms with Gasteiger partial charge in [0.25, 0.3) is 17.5 Å². The average Bonchev–Trinajstić information content (AvgIpc) is 3.22. The van der Waals surface area contributed by atoms with Gasteiger partial charge in [-0.15, -0.1) is 0 Å². The number of furan rings is 1. The number of nitro groups is 1. The molecule has 2 N–H and O–H groups in total. The highest BCUT2D eigenvalue weighted by Gasteiger charge is 2.18. The third-order valence-electron chi connectivity index (χ3n) is 3.47. The van der Waals surface area contributed by atoms with Crippen LogP contribution in [0.15, 0.2) is 41.0 Å². The van der Waals surface area contributed by atoms with Crippen molar-refractivity contribution in [1.29, 1.82) is 0 Å². The van der Waals surface area contributed by atoms with Crippen molar-refractivity contribution in [3.63, 3.8) is 0 Å². The quantitative estimate of drug-likeness (QED) is 0.346. The number of esters is 1. The molecule has 2 amide bonds. The molecule has 0 radical (unpaired) electrons. The van der Waals surface area contributed by atoms with E-state index in [1.54, 1.807) is 13.0 Å². The van der Waals surface area contributed by atoms with Gasteiger partial charge in [-0.2, -0.15) is 0 Å². The highest BCUT2D eigenvalue weighted by atomic mass is 16.6. The van der Waals surface area contributed by atoms with Crippen molar-refractivity contribution in [1.82, 2.24) is 5.32 Å². The minimum absolute atomic E-state index is 0.00958. The monoisotopic (exact) mass is 405 g/mol. The zero-order valence-electron chi connectivity index (χ0n) is 15.5. The van der Waals surface area contributed by atoms with Crippen LogP contribution in [-0.4, -0.2) is 42.5 Å². The number of carbonyl (C=O) groups excluding carboxylic acids is 3. The van der Waals surface area contributed by atoms with Gasteiger partial charge in [-0.25, -0.2) is 0 Å². The van der Waals surface area contributed by atoms with Crippen LogP contribution >= 0.6 is 0 Å². The number of amides is 2. The normalized spacial score (nSPS) is 10.1. The van der Waals surface area contributed by atoms with Crippen molar-refractivity contribution in [2.45, 2.75) is 13.3 Å². The van der Waals surface area contributed by atoms with Gasteiger partial charge in [0.05, 0.1) is 30.3 Å². The summed E-state index contributed by atoms with van der Waals surface area (Å²) in [4.78, 5) is 45.7. The topological polar surface area (TPSA) is 150 Å². The second-order valence-corrected chi connectivity index (χ2v) is 5.56. The summed E-state index contributed by atoms with van der Waals surface area (Å²) >= 11 is 0. The van der Waals surface area contributed by atoms with E-state index in [0.717, 1.165) is 0 Å². The van der Waals surface area contributed by atoms with Gasteiger partial charge in [0, 0.05) is 6.54 Å². The molecule has 1 aromatic carbocycles. The van der Waals surface area contributed by atoms with Gasteiger partial charge in [0.15, 0.2) is 12.4 Å². The molecule has 29 heavy (non-hydrogen) atoms. The summed E-state index contributed by atoms with van der Waals surface area (Å²) in [6.07, 6.45) is 1.18. The van der Waals surface area contributed by atoms with Crippen LogP contribution < -0.4 is 15.4 Å². The second kappa shape index (κ2) is 10.4. The van der Waals surface area contributed by atoms with Gasteiger partial charge in [-0.3, -0.25) is 24.5 Å². The molecule has 11 heteroatoms. The first-order chi connectivity index (χ1) is 13.9. The zero-order chi connectivity index (χ0) is 21.2. The first kappa shape index (κ1) is 21.4. The summed E-state index contributed by atoms with van der Waals surface area (Å²) in [5.41, 5.74) is -0.401. The van der Waals surface area contributed by atoms with Crippen LogP contribution in [0, 0.1) is 10.1 Å². The Labute approximate surface area is 165 Å². The molecule has 0 aliphatic carbocycles. The molecule has 2 aromatic rings. The lowest BCUT2D eigenvalue weighted by Gasteiger charge is -2.09. The SMILES string of the molecule is CCOc1ccc(NC(=O)COC(=O)CCNC(=O)c2ccco2)c([N+](=O)[O-])c1. The van der Waals surface area contributed by atoms with Crippen molar-refractivity contribution >= 4 is 29.2 Å². The molecule has 2 rings (SSSR count). The Hall–Kier alpha value is -3.89. The molecule has 0 unspecified atom stereocenters. The van der Waals surface area contributed by atoms with Crippen LogP contribution in [-0.2, 0) is 14.3 Å². The number of benzene rings is 1. The van der Waals surface area contributed by atoms with Gasteiger partial charge in [-0.1, -0.05) is 0 Å². The van der Waals surface area contributed by atoms with E-state index < -0.39 is 29.3 Å². The van der Waals surface area contributed by atoms with Gasteiger partial charge >= 0.3 is 5.97 Å². The number of carbonyl (C=O) groups is 3. The molecule has 0 atom stereocenters. The maximum absolute atomic E-state index is 11.9. The molecule has 1 heterocycles. The zero-order valence-corrected chi connectivity index (χ0v) is 15.5. The fraction of sp³-hybridized carbons (Fsp3) is 0.278. The van der Waals surface area contributed by atoms with E-state index in [1.165, 1.54) is 30.5 Å². The molecule has 0 bridgehead atoms. The average molecular weight is 405 g/mol. The molecule has 1 aromatic heterocycles. The number of anilines is 1. The Bertz CT molecular complexity index is 879. The lowest BCUT2D eigenvalue weighted by atomic mass is 10.2. The third-order valence-corrected chi connectivity index (χ3v) is 3.47. The minimum Gasteiger partial charge on any atom is -0.494 e. The van der Waals surface area contributed by atoms with Crippen LogP contribution in [0.3, 0.4) is 0 Å². The van der Waals surface area contributed by atoms with Gasteiger partial charge in [0.1, 0.15) is 11.4 Å². The smallest absolute Gasteiger partial charge is 0.308 e. The van der Waals surface area contributed by atoms with Crippen molar-refractivity contribution in [2.24, 2.45) is 0 Å². The molecule has 0 saturated heterocycles. The van der Waals surface area contributed by atoms with E-state index in [1.807, 2.05) is 0 Å². The first-order valence-corrected chi connectivity index (χ1v) is 8.59. The van der Waals surface area contributed by atoms with Gasteiger partial charge < -0.3 is 24.5 Å². The Morgan fingerprint density at radius 1 is 1.24 bits per heavy atom. The molecule has 0 fully saturated rings. The van der Waals surface area contributed by atoms with Crippen molar-refractivity contribution < 1.29 is 33.2 Å². The van der Waals surface area contributed by atoms with Crippen molar-refractivity contribution in [3.05, 3.63) is 52.5 Å². The maximum atomic E-state index is 11.9. The van der Waals surface area contributed by atoms with E-state index in [0.29, 0.717) is 12.4 Å². The van der Waals surface area contributed by atoms with E-state index in [4.69, 9.17) is 13.9 Å². The number of nitrogens with one attached hydrogen (secondary N) is 2. The summed E-state index contributed by atoms with van der Waals surface area (Å²) in [6, 6.07) is 7.01. The van der Waals surface area contributed by atoms with Crippen LogP contribution in [0.25, 0.3) is 0 Å². The standard InChI is InChI=1S/C18H19N3O8/c1-2-27-12-5-6-13(14(10-12)21(25)26)20-16(22)11-29-17(23)7-8-19-18(24)15-4-3-9-28-15/h3-6,9-10H,2,7-8,11H2,1H3,(H,19,24)(H,20,22). The maximum Gasteiger partial charge on any atom is 0.308 e. The Balaban J connectivity index is 1.78. The highest BCUT2D eigenvalue weighted by Crippen LogP contribution is 2.29. The molecule has 0 aliphatic rings. The lowest BCUT2D eigenvalue weighted by molar-refractivity contribution is -0.384. The molecular weight excluding hydrogens is 386 g/mol. The van der Waals surface area contributed by atoms with Crippen LogP contribution in [0.4, 0.5) is 11.4 Å². The fourth-order valence-electron chi connectivity index (χ4n) is 2.20. The summed E-state index contributed by atoms with van der Waals surface area (Å²) in [5, 5.41) is 15.9. The van der Waals surface area contributed by atoms with Crippen molar-refractivity contribution in [3.8, 4) is 5.75 Å². The Morgan fingerprint density at radius 2 is 2.03 bits per heavy atom. The van der Waals surface area contributed by atoms with Crippen molar-refractivity contribution in [2.75, 3.05) is 25.1 Å². The molecule has 0 aliphatic heterocycles. The number of hydrogen-bond acceptors (Lipinski definition) is 8. The number of nitro benzene ring substituents is 1. The second-order valence-electron chi connectivity index (χ2n) is 5.56. The summed E-state index contributed by atoms with van der Waals surface area (Å²) < 4.78 is 14.9.